The Bertz CT molecular complexity index is 492. The molecule has 0 aliphatic heterocycles. The second-order valence-corrected chi connectivity index (χ2v) is 12.3. The SMILES string of the molecule is Cl[Si](Cl)(Cl)c1cccc(Cc2ccccc2)c1. The van der Waals surface area contributed by atoms with Crippen molar-refractivity contribution in [1.82, 2.24) is 0 Å². The normalized spacial score (nSPS) is 11.5. The summed E-state index contributed by atoms with van der Waals surface area (Å²) in [6, 6.07) is 15.4. The summed E-state index contributed by atoms with van der Waals surface area (Å²) in [6.07, 6.45) is 0.865. The van der Waals surface area contributed by atoms with Gasteiger partial charge in [0.05, 0.1) is 0 Å². The summed E-state index contributed by atoms with van der Waals surface area (Å²) in [5.41, 5.74) is 2.43. The summed E-state index contributed by atoms with van der Waals surface area (Å²) in [5.74, 6) is 0. The van der Waals surface area contributed by atoms with Crippen molar-refractivity contribution in [1.29, 1.82) is 0 Å². The van der Waals surface area contributed by atoms with E-state index in [0.29, 0.717) is 0 Å². The van der Waals surface area contributed by atoms with Crippen LogP contribution in [0.5, 0.6) is 0 Å². The van der Waals surface area contributed by atoms with Gasteiger partial charge in [-0.05, 0) is 22.7 Å². The average molecular weight is 302 g/mol. The van der Waals surface area contributed by atoms with Crippen molar-refractivity contribution in [2.45, 2.75) is 6.42 Å². The maximum absolute atomic E-state index is 6.00. The molecule has 0 N–H and O–H groups in total. The summed E-state index contributed by atoms with van der Waals surface area (Å²) in [5, 5.41) is 0.843. The molecule has 0 atom stereocenters. The Morgan fingerprint density at radius 3 is 2.06 bits per heavy atom. The third kappa shape index (κ3) is 3.75. The van der Waals surface area contributed by atoms with Gasteiger partial charge >= 0.3 is 6.00 Å². The summed E-state index contributed by atoms with van der Waals surface area (Å²) in [7, 11) is 0. The van der Waals surface area contributed by atoms with Gasteiger partial charge in [-0.15, -0.1) is 33.2 Å². The molecule has 0 radical (unpaired) electrons. The van der Waals surface area contributed by atoms with Gasteiger partial charge in [-0.25, -0.2) is 0 Å². The molecule has 0 spiro atoms. The predicted octanol–water partition coefficient (Wildman–Crippen LogP) is 4.14. The molecule has 0 heterocycles. The molecule has 2 rings (SSSR count). The van der Waals surface area contributed by atoms with Crippen molar-refractivity contribution in [2.75, 3.05) is 0 Å². The molecule has 88 valence electrons. The van der Waals surface area contributed by atoms with Gasteiger partial charge in [-0.2, -0.15) is 0 Å². The molecule has 0 amide bonds. The Labute approximate surface area is 116 Å². The first-order chi connectivity index (χ1) is 8.05. The highest BCUT2D eigenvalue weighted by Gasteiger charge is 2.27. The maximum Gasteiger partial charge on any atom is 0.372 e. The van der Waals surface area contributed by atoms with Crippen LogP contribution in [0.25, 0.3) is 0 Å². The molecule has 0 aliphatic carbocycles. The van der Waals surface area contributed by atoms with E-state index >= 15 is 0 Å². The average Bonchev–Trinajstić information content (AvgIpc) is 2.29. The van der Waals surface area contributed by atoms with Crippen molar-refractivity contribution in [3.63, 3.8) is 0 Å². The van der Waals surface area contributed by atoms with E-state index in [1.165, 1.54) is 11.1 Å². The lowest BCUT2D eigenvalue weighted by Crippen LogP contribution is -2.30. The minimum Gasteiger partial charge on any atom is -0.121 e. The van der Waals surface area contributed by atoms with E-state index in [1.54, 1.807) is 0 Å². The fraction of sp³-hybridized carbons (Fsp3) is 0.0769. The Morgan fingerprint density at radius 2 is 1.41 bits per heavy atom. The zero-order valence-corrected chi connectivity index (χ0v) is 12.3. The lowest BCUT2D eigenvalue weighted by molar-refractivity contribution is 1.20. The quantitative estimate of drug-likeness (QED) is 0.590. The standard InChI is InChI=1S/C13H11Cl3Si/c14-17(15,16)13-8-4-7-12(10-13)9-11-5-2-1-3-6-11/h1-8,10H,9H2. The largest absolute Gasteiger partial charge is 0.372 e. The van der Waals surface area contributed by atoms with Gasteiger partial charge < -0.3 is 0 Å². The lowest BCUT2D eigenvalue weighted by atomic mass is 10.1. The van der Waals surface area contributed by atoms with E-state index < -0.39 is 6.00 Å². The van der Waals surface area contributed by atoms with E-state index in [4.69, 9.17) is 33.2 Å². The van der Waals surface area contributed by atoms with Gasteiger partial charge in [0, 0.05) is 0 Å². The highest BCUT2D eigenvalue weighted by molar-refractivity contribution is 7.69. The number of hydrogen-bond acceptors (Lipinski definition) is 0. The molecule has 0 saturated carbocycles. The van der Waals surface area contributed by atoms with Crippen LogP contribution in [0.15, 0.2) is 54.6 Å². The molecule has 0 aromatic heterocycles. The van der Waals surface area contributed by atoms with Crippen molar-refractivity contribution in [2.24, 2.45) is 0 Å². The van der Waals surface area contributed by atoms with Gasteiger partial charge in [0.25, 0.3) is 0 Å². The van der Waals surface area contributed by atoms with E-state index in [0.717, 1.165) is 11.6 Å². The summed E-state index contributed by atoms with van der Waals surface area (Å²) >= 11 is 18.0. The third-order valence-corrected chi connectivity index (χ3v) is 5.44. The Morgan fingerprint density at radius 1 is 0.765 bits per heavy atom. The third-order valence-electron chi connectivity index (χ3n) is 2.51. The lowest BCUT2D eigenvalue weighted by Gasteiger charge is -2.10. The second-order valence-electron chi connectivity index (χ2n) is 3.86. The van der Waals surface area contributed by atoms with Gasteiger partial charge in [0.1, 0.15) is 0 Å². The molecule has 0 saturated heterocycles. The van der Waals surface area contributed by atoms with E-state index in [1.807, 2.05) is 36.4 Å². The van der Waals surface area contributed by atoms with Crippen molar-refractivity contribution in [3.8, 4) is 0 Å². The molecule has 2 aromatic carbocycles. The van der Waals surface area contributed by atoms with E-state index in [9.17, 15) is 0 Å². The second kappa shape index (κ2) is 5.45. The maximum atomic E-state index is 6.00. The molecular weight excluding hydrogens is 291 g/mol. The first-order valence-corrected chi connectivity index (χ1v) is 10.3. The molecule has 0 aliphatic rings. The van der Waals surface area contributed by atoms with Crippen LogP contribution >= 0.6 is 33.2 Å². The van der Waals surface area contributed by atoms with E-state index in [-0.39, 0.29) is 0 Å². The molecule has 2 aromatic rings. The molecule has 4 heteroatoms. The zero-order valence-electron chi connectivity index (χ0n) is 9.04. The first kappa shape index (κ1) is 13.0. The van der Waals surface area contributed by atoms with Crippen molar-refractivity contribution in [3.05, 3.63) is 65.7 Å². The van der Waals surface area contributed by atoms with Gasteiger partial charge in [0.15, 0.2) is 0 Å². The zero-order chi connectivity index (χ0) is 12.3. The highest BCUT2D eigenvalue weighted by Crippen LogP contribution is 2.20. The Hall–Kier alpha value is -0.473. The Kier molecular flexibility index (Phi) is 4.16. The molecule has 0 unspecified atom stereocenters. The number of benzene rings is 2. The van der Waals surface area contributed by atoms with Crippen LogP contribution < -0.4 is 5.19 Å². The topological polar surface area (TPSA) is 0 Å². The number of hydrogen-bond donors (Lipinski definition) is 0. The van der Waals surface area contributed by atoms with Crippen molar-refractivity contribution >= 4 is 44.4 Å². The number of halogens is 3. The van der Waals surface area contributed by atoms with Gasteiger partial charge in [-0.3, -0.25) is 0 Å². The Balaban J connectivity index is 2.23. The van der Waals surface area contributed by atoms with Crippen LogP contribution in [-0.4, -0.2) is 6.00 Å². The monoisotopic (exact) mass is 300 g/mol. The molecule has 0 bridgehead atoms. The van der Waals surface area contributed by atoms with E-state index in [2.05, 4.69) is 18.2 Å². The van der Waals surface area contributed by atoms with Gasteiger partial charge in [-0.1, -0.05) is 54.6 Å². The predicted molar refractivity (Wildman–Crippen MR) is 78.6 cm³/mol. The fourth-order valence-corrected chi connectivity index (χ4v) is 3.38. The molecule has 0 fully saturated rings. The summed E-state index contributed by atoms with van der Waals surface area (Å²) in [4.78, 5) is 0. The van der Waals surface area contributed by atoms with Crippen LogP contribution in [0, 0.1) is 0 Å². The minimum atomic E-state index is -2.77. The summed E-state index contributed by atoms with van der Waals surface area (Å²) < 4.78 is 0. The minimum absolute atomic E-state index is 0.843. The van der Waals surface area contributed by atoms with Crippen LogP contribution in [0.3, 0.4) is 0 Å². The first-order valence-electron chi connectivity index (χ1n) is 5.26. The molecule has 17 heavy (non-hydrogen) atoms. The van der Waals surface area contributed by atoms with Gasteiger partial charge in [0.2, 0.25) is 0 Å². The van der Waals surface area contributed by atoms with Crippen LogP contribution in [0.2, 0.25) is 0 Å². The number of rotatable bonds is 3. The molecular formula is C13H11Cl3Si. The highest BCUT2D eigenvalue weighted by atomic mass is 35.8. The van der Waals surface area contributed by atoms with Crippen LogP contribution in [-0.2, 0) is 6.42 Å². The van der Waals surface area contributed by atoms with Crippen LogP contribution in [0.1, 0.15) is 11.1 Å². The fourth-order valence-electron chi connectivity index (χ4n) is 1.69. The smallest absolute Gasteiger partial charge is 0.121 e. The summed E-state index contributed by atoms with van der Waals surface area (Å²) in [6.45, 7) is 0. The van der Waals surface area contributed by atoms with Crippen LogP contribution in [0.4, 0.5) is 0 Å². The van der Waals surface area contributed by atoms with Crippen molar-refractivity contribution < 1.29 is 0 Å². The molecule has 0 nitrogen and oxygen atoms in total.